The average molecular weight is 339 g/mol. The van der Waals surface area contributed by atoms with Crippen molar-refractivity contribution in [2.45, 2.75) is 31.7 Å². The summed E-state index contributed by atoms with van der Waals surface area (Å²) < 4.78 is 1.12. The highest BCUT2D eigenvalue weighted by Gasteiger charge is 2.42. The van der Waals surface area contributed by atoms with Gasteiger partial charge in [-0.3, -0.25) is 0 Å². The van der Waals surface area contributed by atoms with Crippen LogP contribution in [0.1, 0.15) is 36.4 Å². The summed E-state index contributed by atoms with van der Waals surface area (Å²) in [6.07, 6.45) is 3.94. The number of urea groups is 1. The maximum atomic E-state index is 12.0. The number of carbonyl (C=O) groups excluding carboxylic acids is 1. The topological polar surface area (TPSA) is 61.4 Å². The van der Waals surface area contributed by atoms with Crippen LogP contribution < -0.4 is 10.6 Å². The van der Waals surface area contributed by atoms with E-state index in [1.807, 2.05) is 12.1 Å². The van der Waals surface area contributed by atoms with Crippen LogP contribution in [-0.4, -0.2) is 24.3 Å². The molecule has 0 bridgehead atoms. The third-order valence-corrected chi connectivity index (χ3v) is 5.18. The SMILES string of the molecule is O=C(NCC1(CO)CC1)NC1CCc2c(Br)cccc21. The Labute approximate surface area is 127 Å². The number of aliphatic hydroxyl groups is 1. The van der Waals surface area contributed by atoms with E-state index in [4.69, 9.17) is 0 Å². The van der Waals surface area contributed by atoms with Gasteiger partial charge in [0, 0.05) is 16.4 Å². The minimum atomic E-state index is -0.137. The smallest absolute Gasteiger partial charge is 0.315 e. The number of halogens is 1. The number of fused-ring (bicyclic) bond motifs is 1. The second kappa shape index (κ2) is 5.37. The lowest BCUT2D eigenvalue weighted by atomic mass is 10.1. The first-order valence-electron chi connectivity index (χ1n) is 7.06. The van der Waals surface area contributed by atoms with E-state index in [-0.39, 0.29) is 24.1 Å². The van der Waals surface area contributed by atoms with Crippen LogP contribution in [0.4, 0.5) is 4.79 Å². The van der Waals surface area contributed by atoms with Gasteiger partial charge < -0.3 is 15.7 Å². The summed E-state index contributed by atoms with van der Waals surface area (Å²) in [7, 11) is 0. The molecule has 2 amide bonds. The Balaban J connectivity index is 1.57. The standard InChI is InChI=1S/C15H19BrN2O2/c16-12-3-1-2-11-10(12)4-5-13(11)18-14(20)17-8-15(9-19)6-7-15/h1-3,13,19H,4-9H2,(H2,17,18,20). The minimum Gasteiger partial charge on any atom is -0.396 e. The molecule has 1 aromatic rings. The molecule has 2 aliphatic rings. The van der Waals surface area contributed by atoms with Gasteiger partial charge in [0.15, 0.2) is 0 Å². The summed E-state index contributed by atoms with van der Waals surface area (Å²) in [5.41, 5.74) is 2.46. The fraction of sp³-hybridized carbons (Fsp3) is 0.533. The highest BCUT2D eigenvalue weighted by Crippen LogP contribution is 2.44. The molecule has 0 aromatic heterocycles. The second-order valence-corrected chi connectivity index (χ2v) is 6.74. The van der Waals surface area contributed by atoms with Crippen LogP contribution in [0.15, 0.2) is 22.7 Å². The molecule has 0 heterocycles. The van der Waals surface area contributed by atoms with Gasteiger partial charge in [-0.1, -0.05) is 28.1 Å². The summed E-state index contributed by atoms with van der Waals surface area (Å²) in [5, 5.41) is 15.2. The number of hydrogen-bond acceptors (Lipinski definition) is 2. The number of nitrogens with one attached hydrogen (secondary N) is 2. The van der Waals surface area contributed by atoms with Crippen molar-refractivity contribution >= 4 is 22.0 Å². The molecule has 3 rings (SSSR count). The molecule has 1 saturated carbocycles. The van der Waals surface area contributed by atoms with E-state index in [1.165, 1.54) is 11.1 Å². The zero-order chi connectivity index (χ0) is 14.2. The van der Waals surface area contributed by atoms with Gasteiger partial charge in [-0.25, -0.2) is 4.79 Å². The van der Waals surface area contributed by atoms with E-state index in [0.29, 0.717) is 6.54 Å². The predicted octanol–water partition coefficient (Wildman–Crippen LogP) is 2.51. The van der Waals surface area contributed by atoms with Crippen molar-refractivity contribution in [2.75, 3.05) is 13.2 Å². The van der Waals surface area contributed by atoms with Crippen molar-refractivity contribution in [1.82, 2.24) is 10.6 Å². The lowest BCUT2D eigenvalue weighted by Crippen LogP contribution is -2.40. The average Bonchev–Trinajstić information content (AvgIpc) is 3.13. The Bertz CT molecular complexity index is 529. The monoisotopic (exact) mass is 338 g/mol. The lowest BCUT2D eigenvalue weighted by molar-refractivity contribution is 0.202. The van der Waals surface area contributed by atoms with Crippen LogP contribution >= 0.6 is 15.9 Å². The maximum Gasteiger partial charge on any atom is 0.315 e. The van der Waals surface area contributed by atoms with Crippen LogP contribution in [0.5, 0.6) is 0 Å². The first-order chi connectivity index (χ1) is 9.63. The van der Waals surface area contributed by atoms with E-state index in [1.54, 1.807) is 0 Å². The summed E-state index contributed by atoms with van der Waals surface area (Å²) >= 11 is 3.56. The quantitative estimate of drug-likeness (QED) is 0.789. The third-order valence-electron chi connectivity index (χ3n) is 4.44. The first-order valence-corrected chi connectivity index (χ1v) is 7.85. The van der Waals surface area contributed by atoms with E-state index in [2.05, 4.69) is 32.6 Å². The molecule has 0 spiro atoms. The Morgan fingerprint density at radius 3 is 2.95 bits per heavy atom. The van der Waals surface area contributed by atoms with Crippen molar-refractivity contribution in [3.8, 4) is 0 Å². The van der Waals surface area contributed by atoms with Crippen molar-refractivity contribution in [3.63, 3.8) is 0 Å². The molecule has 0 aliphatic heterocycles. The van der Waals surface area contributed by atoms with Gasteiger partial charge in [0.05, 0.1) is 12.6 Å². The zero-order valence-corrected chi connectivity index (χ0v) is 12.9. The number of aliphatic hydroxyl groups excluding tert-OH is 1. The Kier molecular flexibility index (Phi) is 3.73. The van der Waals surface area contributed by atoms with Crippen LogP contribution in [0, 0.1) is 5.41 Å². The van der Waals surface area contributed by atoms with Gasteiger partial charge in [-0.2, -0.15) is 0 Å². The molecule has 1 fully saturated rings. The molecular formula is C15H19BrN2O2. The number of benzene rings is 1. The van der Waals surface area contributed by atoms with Gasteiger partial charge in [0.1, 0.15) is 0 Å². The van der Waals surface area contributed by atoms with Gasteiger partial charge in [-0.05, 0) is 42.9 Å². The molecule has 2 aliphatic carbocycles. The zero-order valence-electron chi connectivity index (χ0n) is 11.3. The number of hydrogen-bond donors (Lipinski definition) is 3. The molecular weight excluding hydrogens is 320 g/mol. The first kappa shape index (κ1) is 13.9. The third kappa shape index (κ3) is 2.69. The molecule has 0 saturated heterocycles. The van der Waals surface area contributed by atoms with E-state index >= 15 is 0 Å². The molecule has 108 valence electrons. The number of rotatable bonds is 4. The molecule has 1 aromatic carbocycles. The van der Waals surface area contributed by atoms with Crippen LogP contribution in [-0.2, 0) is 6.42 Å². The van der Waals surface area contributed by atoms with Gasteiger partial charge in [-0.15, -0.1) is 0 Å². The fourth-order valence-corrected chi connectivity index (χ4v) is 3.38. The van der Waals surface area contributed by atoms with Gasteiger partial charge in [0.25, 0.3) is 0 Å². The summed E-state index contributed by atoms with van der Waals surface area (Å²) in [5.74, 6) is 0. The Morgan fingerprint density at radius 2 is 2.25 bits per heavy atom. The highest BCUT2D eigenvalue weighted by atomic mass is 79.9. The van der Waals surface area contributed by atoms with Crippen molar-refractivity contribution in [2.24, 2.45) is 5.41 Å². The maximum absolute atomic E-state index is 12.0. The van der Waals surface area contributed by atoms with E-state index in [0.717, 1.165) is 30.2 Å². The van der Waals surface area contributed by atoms with E-state index < -0.39 is 0 Å². The molecule has 3 N–H and O–H groups in total. The van der Waals surface area contributed by atoms with Gasteiger partial charge >= 0.3 is 6.03 Å². The summed E-state index contributed by atoms with van der Waals surface area (Å²) in [6, 6.07) is 6.08. The summed E-state index contributed by atoms with van der Waals surface area (Å²) in [4.78, 5) is 12.0. The number of carbonyl (C=O) groups is 1. The normalized spacial score (nSPS) is 22.2. The molecule has 5 heteroatoms. The fourth-order valence-electron chi connectivity index (χ4n) is 2.80. The molecule has 4 nitrogen and oxygen atoms in total. The molecule has 1 unspecified atom stereocenters. The van der Waals surface area contributed by atoms with Crippen LogP contribution in [0.3, 0.4) is 0 Å². The summed E-state index contributed by atoms with van der Waals surface area (Å²) in [6.45, 7) is 0.722. The minimum absolute atomic E-state index is 0.0477. The Morgan fingerprint density at radius 1 is 1.45 bits per heavy atom. The second-order valence-electron chi connectivity index (χ2n) is 5.88. The largest absolute Gasteiger partial charge is 0.396 e. The molecule has 20 heavy (non-hydrogen) atoms. The van der Waals surface area contributed by atoms with Crippen LogP contribution in [0.25, 0.3) is 0 Å². The lowest BCUT2D eigenvalue weighted by Gasteiger charge is -2.17. The highest BCUT2D eigenvalue weighted by molar-refractivity contribution is 9.10. The Hall–Kier alpha value is -1.07. The van der Waals surface area contributed by atoms with Crippen molar-refractivity contribution < 1.29 is 9.90 Å². The number of amides is 2. The van der Waals surface area contributed by atoms with E-state index in [9.17, 15) is 9.90 Å². The predicted molar refractivity (Wildman–Crippen MR) is 80.5 cm³/mol. The van der Waals surface area contributed by atoms with Crippen LogP contribution in [0.2, 0.25) is 0 Å². The molecule has 0 radical (unpaired) electrons. The van der Waals surface area contributed by atoms with Gasteiger partial charge in [0.2, 0.25) is 0 Å². The van der Waals surface area contributed by atoms with Crippen molar-refractivity contribution in [1.29, 1.82) is 0 Å². The molecule has 1 atom stereocenters. The van der Waals surface area contributed by atoms with Crippen molar-refractivity contribution in [3.05, 3.63) is 33.8 Å².